The Hall–Kier alpha value is -1.87. The first-order valence-electron chi connectivity index (χ1n) is 7.24. The molecule has 2 aromatic rings. The number of nitrogens with two attached hydrogens (primary N) is 1. The monoisotopic (exact) mass is 270 g/mol. The van der Waals surface area contributed by atoms with Crippen molar-refractivity contribution >= 4 is 0 Å². The van der Waals surface area contributed by atoms with Crippen molar-refractivity contribution in [3.63, 3.8) is 0 Å². The molecule has 0 bridgehead atoms. The van der Waals surface area contributed by atoms with E-state index in [0.717, 1.165) is 24.2 Å². The third kappa shape index (κ3) is 4.07. The van der Waals surface area contributed by atoms with Crippen LogP contribution < -0.4 is 10.5 Å². The molecule has 3 nitrogen and oxygen atoms in total. The molecule has 1 aromatic carbocycles. The van der Waals surface area contributed by atoms with Gasteiger partial charge in [-0.25, -0.2) is 4.98 Å². The molecule has 106 valence electrons. The van der Waals surface area contributed by atoms with E-state index in [0.29, 0.717) is 12.4 Å². The third-order valence-electron chi connectivity index (χ3n) is 3.22. The molecule has 1 heterocycles. The Morgan fingerprint density at radius 2 is 1.90 bits per heavy atom. The highest BCUT2D eigenvalue weighted by Gasteiger charge is 2.05. The lowest BCUT2D eigenvalue weighted by molar-refractivity contribution is 0.456. The standard InChI is InChI=1S/C17H22N2O/c1-2-3-5-14-7-9-16(10-8-14)20-17-15(11-12-18)6-4-13-19-17/h4,6-10,13H,2-3,5,11-12,18H2,1H3. The van der Waals surface area contributed by atoms with Crippen LogP contribution >= 0.6 is 0 Å². The van der Waals surface area contributed by atoms with Crippen LogP contribution in [0.1, 0.15) is 30.9 Å². The van der Waals surface area contributed by atoms with Crippen LogP contribution in [-0.4, -0.2) is 11.5 Å². The average Bonchev–Trinajstić information content (AvgIpc) is 2.49. The quantitative estimate of drug-likeness (QED) is 0.834. The van der Waals surface area contributed by atoms with Gasteiger partial charge in [0.1, 0.15) is 5.75 Å². The molecular weight excluding hydrogens is 248 g/mol. The number of hydrogen-bond donors (Lipinski definition) is 1. The van der Waals surface area contributed by atoms with E-state index in [1.807, 2.05) is 24.3 Å². The highest BCUT2D eigenvalue weighted by molar-refractivity contribution is 5.34. The van der Waals surface area contributed by atoms with E-state index in [2.05, 4.69) is 24.0 Å². The number of rotatable bonds is 7. The molecule has 1 aromatic heterocycles. The zero-order valence-electron chi connectivity index (χ0n) is 12.0. The van der Waals surface area contributed by atoms with Crippen molar-refractivity contribution in [3.8, 4) is 11.6 Å². The molecule has 0 saturated heterocycles. The summed E-state index contributed by atoms with van der Waals surface area (Å²) in [4.78, 5) is 4.29. The van der Waals surface area contributed by atoms with Gasteiger partial charge in [0.25, 0.3) is 0 Å². The van der Waals surface area contributed by atoms with Crippen molar-refractivity contribution in [2.24, 2.45) is 5.73 Å². The minimum Gasteiger partial charge on any atom is -0.439 e. The van der Waals surface area contributed by atoms with Crippen molar-refractivity contribution < 1.29 is 4.74 Å². The van der Waals surface area contributed by atoms with E-state index in [-0.39, 0.29) is 0 Å². The van der Waals surface area contributed by atoms with Crippen LogP contribution in [0.2, 0.25) is 0 Å². The number of aromatic nitrogens is 1. The molecule has 0 amide bonds. The van der Waals surface area contributed by atoms with Gasteiger partial charge in [-0.3, -0.25) is 0 Å². The van der Waals surface area contributed by atoms with E-state index in [1.54, 1.807) is 6.20 Å². The number of nitrogens with zero attached hydrogens (tertiary/aromatic N) is 1. The molecule has 0 fully saturated rings. The van der Waals surface area contributed by atoms with Crippen molar-refractivity contribution in [2.45, 2.75) is 32.6 Å². The van der Waals surface area contributed by atoms with Gasteiger partial charge in [0.05, 0.1) is 0 Å². The largest absolute Gasteiger partial charge is 0.439 e. The number of ether oxygens (including phenoxy) is 1. The first kappa shape index (κ1) is 14.5. The first-order chi connectivity index (χ1) is 9.83. The number of hydrogen-bond acceptors (Lipinski definition) is 3. The van der Waals surface area contributed by atoms with Crippen molar-refractivity contribution in [1.82, 2.24) is 4.98 Å². The second kappa shape index (κ2) is 7.65. The zero-order valence-corrected chi connectivity index (χ0v) is 12.0. The number of aryl methyl sites for hydroxylation is 1. The Morgan fingerprint density at radius 3 is 2.60 bits per heavy atom. The molecule has 0 aliphatic carbocycles. The van der Waals surface area contributed by atoms with Crippen LogP contribution in [0.15, 0.2) is 42.6 Å². The maximum atomic E-state index is 5.85. The molecule has 2 rings (SSSR count). The van der Waals surface area contributed by atoms with Crippen LogP contribution in [0.5, 0.6) is 11.6 Å². The molecule has 0 spiro atoms. The Labute approximate surface area is 120 Å². The average molecular weight is 270 g/mol. The molecule has 3 heteroatoms. The number of benzene rings is 1. The van der Waals surface area contributed by atoms with Crippen LogP contribution in [0, 0.1) is 0 Å². The highest BCUT2D eigenvalue weighted by Crippen LogP contribution is 2.23. The van der Waals surface area contributed by atoms with Gasteiger partial charge < -0.3 is 10.5 Å². The van der Waals surface area contributed by atoms with E-state index < -0.39 is 0 Å². The Kier molecular flexibility index (Phi) is 5.56. The van der Waals surface area contributed by atoms with E-state index in [9.17, 15) is 0 Å². The molecule has 2 N–H and O–H groups in total. The summed E-state index contributed by atoms with van der Waals surface area (Å²) in [5, 5.41) is 0. The summed E-state index contributed by atoms with van der Waals surface area (Å²) in [5.74, 6) is 1.47. The van der Waals surface area contributed by atoms with Crippen LogP contribution in [0.4, 0.5) is 0 Å². The molecular formula is C17H22N2O. The minimum absolute atomic E-state index is 0.595. The topological polar surface area (TPSA) is 48.1 Å². The SMILES string of the molecule is CCCCc1ccc(Oc2ncccc2CCN)cc1. The normalized spacial score (nSPS) is 10.5. The van der Waals surface area contributed by atoms with Gasteiger partial charge in [-0.1, -0.05) is 31.5 Å². The third-order valence-corrected chi connectivity index (χ3v) is 3.22. The fourth-order valence-electron chi connectivity index (χ4n) is 2.08. The van der Waals surface area contributed by atoms with E-state index in [4.69, 9.17) is 10.5 Å². The molecule has 0 aliphatic rings. The van der Waals surface area contributed by atoms with Gasteiger partial charge >= 0.3 is 0 Å². The molecule has 0 saturated carbocycles. The summed E-state index contributed by atoms with van der Waals surface area (Å²) in [6.07, 6.45) is 6.08. The van der Waals surface area contributed by atoms with Crippen molar-refractivity contribution in [3.05, 3.63) is 53.7 Å². The van der Waals surface area contributed by atoms with E-state index >= 15 is 0 Å². The maximum Gasteiger partial charge on any atom is 0.222 e. The summed E-state index contributed by atoms with van der Waals surface area (Å²) >= 11 is 0. The molecule has 0 unspecified atom stereocenters. The fraction of sp³-hybridized carbons (Fsp3) is 0.353. The van der Waals surface area contributed by atoms with Crippen LogP contribution in [0.3, 0.4) is 0 Å². The van der Waals surface area contributed by atoms with Gasteiger partial charge in [-0.2, -0.15) is 0 Å². The smallest absolute Gasteiger partial charge is 0.222 e. The second-order valence-corrected chi connectivity index (χ2v) is 4.86. The minimum atomic E-state index is 0.595. The van der Waals surface area contributed by atoms with Gasteiger partial charge in [0.2, 0.25) is 5.88 Å². The predicted molar refractivity (Wildman–Crippen MR) is 82.1 cm³/mol. The Morgan fingerprint density at radius 1 is 1.10 bits per heavy atom. The summed E-state index contributed by atoms with van der Waals surface area (Å²) in [6.45, 7) is 2.80. The van der Waals surface area contributed by atoms with Crippen molar-refractivity contribution in [1.29, 1.82) is 0 Å². The summed E-state index contributed by atoms with van der Waals surface area (Å²) in [6, 6.07) is 12.2. The van der Waals surface area contributed by atoms with Crippen LogP contribution in [-0.2, 0) is 12.8 Å². The summed E-state index contributed by atoms with van der Waals surface area (Å²) in [5.41, 5.74) is 8.00. The van der Waals surface area contributed by atoms with Gasteiger partial charge in [-0.15, -0.1) is 0 Å². The van der Waals surface area contributed by atoms with Crippen LogP contribution in [0.25, 0.3) is 0 Å². The molecule has 0 atom stereocenters. The predicted octanol–water partition coefficient (Wildman–Crippen LogP) is 3.72. The highest BCUT2D eigenvalue weighted by atomic mass is 16.5. The Bertz CT molecular complexity index is 523. The zero-order chi connectivity index (χ0) is 14.2. The molecule has 0 radical (unpaired) electrons. The van der Waals surface area contributed by atoms with Crippen molar-refractivity contribution in [2.75, 3.05) is 6.54 Å². The number of unbranched alkanes of at least 4 members (excludes halogenated alkanes) is 1. The molecule has 20 heavy (non-hydrogen) atoms. The first-order valence-corrected chi connectivity index (χ1v) is 7.24. The van der Waals surface area contributed by atoms with Gasteiger partial charge in [0, 0.05) is 11.8 Å². The lowest BCUT2D eigenvalue weighted by Crippen LogP contribution is -2.04. The maximum absolute atomic E-state index is 5.85. The number of pyridine rings is 1. The summed E-state index contributed by atoms with van der Waals surface area (Å²) in [7, 11) is 0. The van der Waals surface area contributed by atoms with Gasteiger partial charge in [0.15, 0.2) is 0 Å². The van der Waals surface area contributed by atoms with E-state index in [1.165, 1.54) is 18.4 Å². The lowest BCUT2D eigenvalue weighted by atomic mass is 10.1. The summed E-state index contributed by atoms with van der Waals surface area (Å²) < 4.78 is 5.85. The second-order valence-electron chi connectivity index (χ2n) is 4.86. The Balaban J connectivity index is 2.06. The lowest BCUT2D eigenvalue weighted by Gasteiger charge is -2.09. The fourth-order valence-corrected chi connectivity index (χ4v) is 2.08. The van der Waals surface area contributed by atoms with Gasteiger partial charge in [-0.05, 0) is 49.6 Å². The molecule has 0 aliphatic heterocycles.